The number of benzene rings is 3. The molecule has 0 bridgehead atoms. The van der Waals surface area contributed by atoms with Gasteiger partial charge in [0.05, 0.1) is 10.6 Å². The lowest BCUT2D eigenvalue weighted by Crippen LogP contribution is -2.52. The summed E-state index contributed by atoms with van der Waals surface area (Å²) in [5.74, 6) is -0.816. The van der Waals surface area contributed by atoms with E-state index in [1.54, 1.807) is 38.1 Å². The van der Waals surface area contributed by atoms with E-state index in [-0.39, 0.29) is 23.4 Å². The number of nitrogens with zero attached hydrogens (tertiary/aromatic N) is 2. The van der Waals surface area contributed by atoms with Gasteiger partial charge in [-0.25, -0.2) is 8.42 Å². The molecule has 0 aliphatic rings. The molecule has 0 aliphatic heterocycles. The molecule has 0 unspecified atom stereocenters. The summed E-state index contributed by atoms with van der Waals surface area (Å²) in [4.78, 5) is 28.5. The number of nitrogens with one attached hydrogen (secondary N) is 1. The Labute approximate surface area is 244 Å². The van der Waals surface area contributed by atoms with Crippen LogP contribution in [-0.2, 0) is 26.2 Å². The Morgan fingerprint density at radius 1 is 0.974 bits per heavy atom. The number of para-hydroxylation sites is 1. The molecule has 0 aliphatic carbocycles. The molecule has 39 heavy (non-hydrogen) atoms. The lowest BCUT2D eigenvalue weighted by molar-refractivity contribution is -0.139. The molecule has 10 heteroatoms. The van der Waals surface area contributed by atoms with Gasteiger partial charge in [0.2, 0.25) is 11.8 Å². The summed E-state index contributed by atoms with van der Waals surface area (Å²) >= 11 is 9.41. The quantitative estimate of drug-likeness (QED) is 0.283. The van der Waals surface area contributed by atoms with Gasteiger partial charge in [-0.1, -0.05) is 64.8 Å². The number of anilines is 1. The molecular formula is C29H33BrClN3O4S. The summed E-state index contributed by atoms with van der Waals surface area (Å²) in [7, 11) is -4.15. The minimum absolute atomic E-state index is 0.00461. The van der Waals surface area contributed by atoms with Crippen LogP contribution in [0.5, 0.6) is 0 Å². The third-order valence-corrected chi connectivity index (χ3v) is 9.05. The van der Waals surface area contributed by atoms with Crippen LogP contribution in [0.4, 0.5) is 5.69 Å². The Bertz CT molecular complexity index is 1400. The first-order valence-corrected chi connectivity index (χ1v) is 15.2. The first-order valence-electron chi connectivity index (χ1n) is 12.6. The highest BCUT2D eigenvalue weighted by Crippen LogP contribution is 2.28. The van der Waals surface area contributed by atoms with Gasteiger partial charge < -0.3 is 10.2 Å². The van der Waals surface area contributed by atoms with Gasteiger partial charge in [-0.2, -0.15) is 0 Å². The predicted molar refractivity (Wildman–Crippen MR) is 159 cm³/mol. The monoisotopic (exact) mass is 633 g/mol. The number of sulfonamides is 1. The maximum atomic E-state index is 14.0. The zero-order valence-electron chi connectivity index (χ0n) is 22.4. The molecular weight excluding hydrogens is 602 g/mol. The largest absolute Gasteiger partial charge is 0.352 e. The SMILES string of the molecule is CC[C@H](C)NC(=O)[C@H](C)N(Cc1ccc(Br)cc1)C(=O)CN(c1ccccc1C)S(=O)(=O)c1ccc(Cl)cc1. The van der Waals surface area contributed by atoms with Crippen molar-refractivity contribution in [3.8, 4) is 0 Å². The molecule has 0 spiro atoms. The van der Waals surface area contributed by atoms with Crippen molar-refractivity contribution in [1.29, 1.82) is 0 Å². The van der Waals surface area contributed by atoms with Crippen molar-refractivity contribution >= 4 is 55.1 Å². The fourth-order valence-corrected chi connectivity index (χ4v) is 5.79. The van der Waals surface area contributed by atoms with Crippen molar-refractivity contribution in [2.24, 2.45) is 0 Å². The summed E-state index contributed by atoms with van der Waals surface area (Å²) in [5, 5.41) is 3.33. The fraction of sp³-hybridized carbons (Fsp3) is 0.310. The summed E-state index contributed by atoms with van der Waals surface area (Å²) in [5.41, 5.74) is 1.86. The van der Waals surface area contributed by atoms with Gasteiger partial charge in [0, 0.05) is 22.1 Å². The Hall–Kier alpha value is -2.88. The third kappa shape index (κ3) is 7.84. The van der Waals surface area contributed by atoms with Gasteiger partial charge in [-0.3, -0.25) is 13.9 Å². The van der Waals surface area contributed by atoms with Gasteiger partial charge in [0.1, 0.15) is 12.6 Å². The average Bonchev–Trinajstić information content (AvgIpc) is 2.91. The number of carbonyl (C=O) groups is 2. The van der Waals surface area contributed by atoms with Crippen LogP contribution in [0.15, 0.2) is 82.2 Å². The lowest BCUT2D eigenvalue weighted by atomic mass is 10.1. The van der Waals surface area contributed by atoms with Crippen molar-refractivity contribution in [3.05, 3.63) is 93.4 Å². The van der Waals surface area contributed by atoms with E-state index in [0.717, 1.165) is 20.8 Å². The number of halogens is 2. The second-order valence-electron chi connectivity index (χ2n) is 9.39. The summed E-state index contributed by atoms with van der Waals surface area (Å²) in [6, 6.07) is 19.3. The van der Waals surface area contributed by atoms with E-state index in [1.165, 1.54) is 29.2 Å². The minimum atomic E-state index is -4.15. The average molecular weight is 635 g/mol. The normalized spacial score (nSPS) is 12.9. The second-order valence-corrected chi connectivity index (χ2v) is 12.6. The molecule has 3 rings (SSSR count). The van der Waals surface area contributed by atoms with Crippen LogP contribution in [0, 0.1) is 6.92 Å². The van der Waals surface area contributed by atoms with Crippen LogP contribution >= 0.6 is 27.5 Å². The van der Waals surface area contributed by atoms with E-state index >= 15 is 0 Å². The molecule has 2 atom stereocenters. The maximum absolute atomic E-state index is 14.0. The number of carbonyl (C=O) groups excluding carboxylic acids is 2. The summed E-state index contributed by atoms with van der Waals surface area (Å²) in [6.45, 7) is 6.93. The number of rotatable bonds is 11. The zero-order valence-corrected chi connectivity index (χ0v) is 25.6. The molecule has 3 aromatic rings. The van der Waals surface area contributed by atoms with E-state index in [1.807, 2.05) is 38.1 Å². The van der Waals surface area contributed by atoms with Crippen molar-refractivity contribution in [1.82, 2.24) is 10.2 Å². The van der Waals surface area contributed by atoms with Gasteiger partial charge in [-0.05, 0) is 80.8 Å². The topological polar surface area (TPSA) is 86.8 Å². The highest BCUT2D eigenvalue weighted by Gasteiger charge is 2.33. The summed E-state index contributed by atoms with van der Waals surface area (Å²) < 4.78 is 29.7. The van der Waals surface area contributed by atoms with Crippen LogP contribution in [0.25, 0.3) is 0 Å². The predicted octanol–water partition coefficient (Wildman–Crippen LogP) is 5.94. The van der Waals surface area contributed by atoms with Crippen molar-refractivity contribution in [3.63, 3.8) is 0 Å². The molecule has 208 valence electrons. The third-order valence-electron chi connectivity index (χ3n) is 6.50. The van der Waals surface area contributed by atoms with E-state index in [0.29, 0.717) is 16.3 Å². The molecule has 7 nitrogen and oxygen atoms in total. The van der Waals surface area contributed by atoms with Gasteiger partial charge in [0.15, 0.2) is 0 Å². The molecule has 2 amide bonds. The molecule has 0 aromatic heterocycles. The molecule has 1 N–H and O–H groups in total. The fourth-order valence-electron chi connectivity index (χ4n) is 3.93. The number of aryl methyl sites for hydroxylation is 1. The number of amides is 2. The highest BCUT2D eigenvalue weighted by molar-refractivity contribution is 9.10. The smallest absolute Gasteiger partial charge is 0.264 e. The molecule has 0 saturated heterocycles. The first-order chi connectivity index (χ1) is 18.4. The molecule has 3 aromatic carbocycles. The van der Waals surface area contributed by atoms with Crippen LogP contribution in [0.3, 0.4) is 0 Å². The Kier molecular flexibility index (Phi) is 10.6. The Morgan fingerprint density at radius 2 is 1.59 bits per heavy atom. The van der Waals surface area contributed by atoms with Crippen molar-refractivity contribution in [2.45, 2.75) is 57.6 Å². The van der Waals surface area contributed by atoms with Crippen molar-refractivity contribution in [2.75, 3.05) is 10.8 Å². The van der Waals surface area contributed by atoms with Crippen LogP contribution in [0.1, 0.15) is 38.3 Å². The van der Waals surface area contributed by atoms with E-state index in [2.05, 4.69) is 21.2 Å². The minimum Gasteiger partial charge on any atom is -0.352 e. The highest BCUT2D eigenvalue weighted by atomic mass is 79.9. The Balaban J connectivity index is 2.03. The molecule has 0 fully saturated rings. The van der Waals surface area contributed by atoms with Crippen LogP contribution in [0.2, 0.25) is 5.02 Å². The number of hydrogen-bond acceptors (Lipinski definition) is 4. The zero-order chi connectivity index (χ0) is 28.7. The molecule has 0 heterocycles. The van der Waals surface area contributed by atoms with Gasteiger partial charge in [0.25, 0.3) is 10.0 Å². The molecule has 0 radical (unpaired) electrons. The second kappa shape index (κ2) is 13.5. The Morgan fingerprint density at radius 3 is 2.18 bits per heavy atom. The van der Waals surface area contributed by atoms with Crippen molar-refractivity contribution < 1.29 is 18.0 Å². The van der Waals surface area contributed by atoms with Gasteiger partial charge in [-0.15, -0.1) is 0 Å². The van der Waals surface area contributed by atoms with Crippen LogP contribution in [-0.4, -0.2) is 43.8 Å². The van der Waals surface area contributed by atoms with E-state index in [9.17, 15) is 18.0 Å². The molecule has 0 saturated carbocycles. The first kappa shape index (κ1) is 30.7. The maximum Gasteiger partial charge on any atom is 0.264 e. The standard InChI is InChI=1S/C29H33BrClN3O4S/c1-5-21(3)32-29(36)22(4)33(18-23-10-12-24(30)13-11-23)28(35)19-34(27-9-7-6-8-20(27)2)39(37,38)26-16-14-25(31)15-17-26/h6-17,21-22H,5,18-19H2,1-4H3,(H,32,36)/t21-,22-/m0/s1. The summed E-state index contributed by atoms with van der Waals surface area (Å²) in [6.07, 6.45) is 0.736. The van der Waals surface area contributed by atoms with Gasteiger partial charge >= 0.3 is 0 Å². The lowest BCUT2D eigenvalue weighted by Gasteiger charge is -2.33. The van der Waals surface area contributed by atoms with E-state index in [4.69, 9.17) is 11.6 Å². The van der Waals surface area contributed by atoms with E-state index < -0.39 is 28.5 Å². The number of hydrogen-bond donors (Lipinski definition) is 1. The van der Waals surface area contributed by atoms with Crippen LogP contribution < -0.4 is 9.62 Å².